The number of hydrogen-bond donors (Lipinski definition) is 1. The molecule has 1 N–H and O–H groups in total. The zero-order chi connectivity index (χ0) is 14.5. The number of hydrogen-bond acceptors (Lipinski definition) is 1. The van der Waals surface area contributed by atoms with E-state index in [0.29, 0.717) is 6.04 Å². The molecule has 19 heavy (non-hydrogen) atoms. The molecule has 1 nitrogen and oxygen atoms in total. The molecule has 0 aliphatic heterocycles. The summed E-state index contributed by atoms with van der Waals surface area (Å²) in [4.78, 5) is 0. The fourth-order valence-corrected chi connectivity index (χ4v) is 2.84. The Morgan fingerprint density at radius 2 is 2.05 bits per heavy atom. The van der Waals surface area contributed by atoms with Crippen LogP contribution in [0.15, 0.2) is 22.7 Å². The van der Waals surface area contributed by atoms with Gasteiger partial charge in [0.25, 0.3) is 0 Å². The zero-order valence-electron chi connectivity index (χ0n) is 12.4. The predicted molar refractivity (Wildman–Crippen MR) is 84.0 cm³/mol. The molecule has 1 aromatic carbocycles. The zero-order valence-corrected chi connectivity index (χ0v) is 14.0. The van der Waals surface area contributed by atoms with E-state index in [1.807, 2.05) is 6.07 Å². The highest BCUT2D eigenvalue weighted by atomic mass is 79.9. The number of halogens is 2. The average Bonchev–Trinajstić information content (AvgIpc) is 2.32. The van der Waals surface area contributed by atoms with Gasteiger partial charge in [0.05, 0.1) is 0 Å². The van der Waals surface area contributed by atoms with Crippen LogP contribution in [0.4, 0.5) is 4.39 Å². The Morgan fingerprint density at radius 1 is 1.37 bits per heavy atom. The second-order valence-electron chi connectivity index (χ2n) is 6.01. The fourth-order valence-electron chi connectivity index (χ4n) is 2.43. The third kappa shape index (κ3) is 5.62. The van der Waals surface area contributed by atoms with Crippen LogP contribution in [0.1, 0.15) is 46.1 Å². The Kier molecular flexibility index (Phi) is 6.48. The molecule has 0 bridgehead atoms. The standard InChI is InChI=1S/C16H25BrFN/c1-5-8-16(4,11-19-12(2)3)10-13-9-14(17)6-7-15(13)18/h6-7,9,12,19H,5,8,10-11H2,1-4H3. The molecule has 0 heterocycles. The lowest BCUT2D eigenvalue weighted by molar-refractivity contribution is 0.264. The molecule has 0 fully saturated rings. The van der Waals surface area contributed by atoms with Crippen molar-refractivity contribution in [2.24, 2.45) is 5.41 Å². The minimum absolute atomic E-state index is 0.0979. The Balaban J connectivity index is 2.84. The van der Waals surface area contributed by atoms with Crippen molar-refractivity contribution >= 4 is 15.9 Å². The van der Waals surface area contributed by atoms with E-state index in [1.54, 1.807) is 12.1 Å². The predicted octanol–water partition coefficient (Wildman–Crippen LogP) is 4.94. The summed E-state index contributed by atoms with van der Waals surface area (Å²) in [6.45, 7) is 9.64. The van der Waals surface area contributed by atoms with Gasteiger partial charge in [0.15, 0.2) is 0 Å². The van der Waals surface area contributed by atoms with Crippen molar-refractivity contribution in [2.75, 3.05) is 6.54 Å². The molecule has 0 aliphatic carbocycles. The molecule has 3 heteroatoms. The van der Waals surface area contributed by atoms with Gasteiger partial charge in [-0.25, -0.2) is 4.39 Å². The normalized spacial score (nSPS) is 14.7. The molecular weight excluding hydrogens is 305 g/mol. The van der Waals surface area contributed by atoms with Gasteiger partial charge in [0.1, 0.15) is 5.82 Å². The quantitative estimate of drug-likeness (QED) is 0.747. The van der Waals surface area contributed by atoms with E-state index >= 15 is 0 Å². The maximum Gasteiger partial charge on any atom is 0.126 e. The van der Waals surface area contributed by atoms with Crippen molar-refractivity contribution in [1.82, 2.24) is 5.32 Å². The molecule has 0 saturated carbocycles. The summed E-state index contributed by atoms with van der Waals surface area (Å²) < 4.78 is 14.8. The summed E-state index contributed by atoms with van der Waals surface area (Å²) in [6, 6.07) is 5.66. The van der Waals surface area contributed by atoms with Gasteiger partial charge in [-0.15, -0.1) is 0 Å². The van der Waals surface area contributed by atoms with E-state index < -0.39 is 0 Å². The summed E-state index contributed by atoms with van der Waals surface area (Å²) >= 11 is 3.42. The van der Waals surface area contributed by atoms with Crippen LogP contribution in [0.2, 0.25) is 0 Å². The van der Waals surface area contributed by atoms with Crippen LogP contribution in [-0.2, 0) is 6.42 Å². The summed E-state index contributed by atoms with van der Waals surface area (Å²) in [5, 5.41) is 3.49. The minimum Gasteiger partial charge on any atom is -0.314 e. The molecule has 108 valence electrons. The van der Waals surface area contributed by atoms with E-state index in [-0.39, 0.29) is 11.2 Å². The van der Waals surface area contributed by atoms with Gasteiger partial charge in [0, 0.05) is 17.1 Å². The van der Waals surface area contributed by atoms with Crippen molar-refractivity contribution in [3.63, 3.8) is 0 Å². The van der Waals surface area contributed by atoms with E-state index in [9.17, 15) is 4.39 Å². The third-order valence-electron chi connectivity index (χ3n) is 3.42. The van der Waals surface area contributed by atoms with Crippen molar-refractivity contribution in [2.45, 2.75) is 53.0 Å². The number of nitrogens with one attached hydrogen (secondary N) is 1. The van der Waals surface area contributed by atoms with Crippen LogP contribution in [0, 0.1) is 11.2 Å². The Morgan fingerprint density at radius 3 is 2.63 bits per heavy atom. The van der Waals surface area contributed by atoms with Gasteiger partial charge in [-0.3, -0.25) is 0 Å². The summed E-state index contributed by atoms with van der Waals surface area (Å²) in [6.07, 6.45) is 2.98. The van der Waals surface area contributed by atoms with Crippen LogP contribution < -0.4 is 5.32 Å². The Labute approximate surface area is 125 Å². The van der Waals surface area contributed by atoms with Crippen molar-refractivity contribution in [3.05, 3.63) is 34.1 Å². The van der Waals surface area contributed by atoms with E-state index in [0.717, 1.165) is 35.8 Å². The second kappa shape index (κ2) is 7.39. The Bertz CT molecular complexity index is 406. The lowest BCUT2D eigenvalue weighted by Crippen LogP contribution is -2.37. The van der Waals surface area contributed by atoms with Gasteiger partial charge in [-0.05, 0) is 42.0 Å². The van der Waals surface area contributed by atoms with Gasteiger partial charge >= 0.3 is 0 Å². The molecule has 0 aliphatic rings. The molecule has 0 radical (unpaired) electrons. The minimum atomic E-state index is -0.102. The lowest BCUT2D eigenvalue weighted by atomic mass is 9.79. The maximum absolute atomic E-state index is 13.9. The first-order valence-electron chi connectivity index (χ1n) is 7.03. The van der Waals surface area contributed by atoms with E-state index in [1.165, 1.54) is 0 Å². The van der Waals surface area contributed by atoms with Gasteiger partial charge in [-0.1, -0.05) is 50.0 Å². The van der Waals surface area contributed by atoms with Gasteiger partial charge in [0.2, 0.25) is 0 Å². The van der Waals surface area contributed by atoms with E-state index in [4.69, 9.17) is 0 Å². The van der Waals surface area contributed by atoms with Crippen molar-refractivity contribution < 1.29 is 4.39 Å². The first-order valence-corrected chi connectivity index (χ1v) is 7.83. The van der Waals surface area contributed by atoms with Crippen molar-refractivity contribution in [1.29, 1.82) is 0 Å². The molecule has 1 rings (SSSR count). The van der Waals surface area contributed by atoms with Crippen LogP contribution in [0.5, 0.6) is 0 Å². The van der Waals surface area contributed by atoms with Crippen LogP contribution in [0.3, 0.4) is 0 Å². The van der Waals surface area contributed by atoms with Gasteiger partial charge < -0.3 is 5.32 Å². The molecule has 0 aromatic heterocycles. The topological polar surface area (TPSA) is 12.0 Å². The highest BCUT2D eigenvalue weighted by molar-refractivity contribution is 9.10. The average molecular weight is 330 g/mol. The lowest BCUT2D eigenvalue weighted by Gasteiger charge is -2.31. The second-order valence-corrected chi connectivity index (χ2v) is 6.92. The highest BCUT2D eigenvalue weighted by Crippen LogP contribution is 2.30. The molecule has 1 unspecified atom stereocenters. The SMILES string of the molecule is CCCC(C)(CNC(C)C)Cc1cc(Br)ccc1F. The molecule has 1 aromatic rings. The monoisotopic (exact) mass is 329 g/mol. The molecule has 0 amide bonds. The summed E-state index contributed by atoms with van der Waals surface area (Å²) in [7, 11) is 0. The third-order valence-corrected chi connectivity index (χ3v) is 3.91. The van der Waals surface area contributed by atoms with Crippen LogP contribution in [-0.4, -0.2) is 12.6 Å². The van der Waals surface area contributed by atoms with Crippen LogP contribution >= 0.6 is 15.9 Å². The Hall–Kier alpha value is -0.410. The molecular formula is C16H25BrFN. The van der Waals surface area contributed by atoms with E-state index in [2.05, 4.69) is 48.9 Å². The summed E-state index contributed by atoms with van der Waals surface area (Å²) in [5.74, 6) is -0.102. The first-order chi connectivity index (χ1) is 8.86. The maximum atomic E-state index is 13.9. The first kappa shape index (κ1) is 16.6. The molecule has 0 saturated heterocycles. The smallest absolute Gasteiger partial charge is 0.126 e. The fraction of sp³-hybridized carbons (Fsp3) is 0.625. The highest BCUT2D eigenvalue weighted by Gasteiger charge is 2.25. The largest absolute Gasteiger partial charge is 0.314 e. The van der Waals surface area contributed by atoms with Gasteiger partial charge in [-0.2, -0.15) is 0 Å². The van der Waals surface area contributed by atoms with Crippen molar-refractivity contribution in [3.8, 4) is 0 Å². The molecule has 0 spiro atoms. The summed E-state index contributed by atoms with van der Waals surface area (Å²) in [5.41, 5.74) is 0.900. The number of rotatable bonds is 7. The number of benzene rings is 1. The van der Waals surface area contributed by atoms with Crippen LogP contribution in [0.25, 0.3) is 0 Å². The molecule has 1 atom stereocenters.